The number of rotatable bonds is 5. The minimum absolute atomic E-state index is 0.0914. The summed E-state index contributed by atoms with van der Waals surface area (Å²) in [5.41, 5.74) is 0. The Morgan fingerprint density at radius 3 is 2.39 bits per heavy atom. The van der Waals surface area contributed by atoms with Crippen molar-refractivity contribution in [3.63, 3.8) is 0 Å². The molecule has 7 heteroatoms. The third-order valence-electron chi connectivity index (χ3n) is 3.48. The van der Waals surface area contributed by atoms with Crippen molar-refractivity contribution in [3.05, 3.63) is 0 Å². The van der Waals surface area contributed by atoms with Crippen LogP contribution in [0.4, 0.5) is 0 Å². The SMILES string of the molecule is CCC(C#N)N1CCN(S(=O)(=O)NC2CC2)CC1. The predicted molar refractivity (Wildman–Crippen MR) is 67.9 cm³/mol. The first-order valence-electron chi connectivity index (χ1n) is 6.48. The zero-order chi connectivity index (χ0) is 13.2. The van der Waals surface area contributed by atoms with E-state index in [0.717, 1.165) is 19.3 Å². The van der Waals surface area contributed by atoms with Crippen LogP contribution >= 0.6 is 0 Å². The van der Waals surface area contributed by atoms with Crippen LogP contribution in [0.5, 0.6) is 0 Å². The van der Waals surface area contributed by atoms with Crippen molar-refractivity contribution >= 4 is 10.2 Å². The lowest BCUT2D eigenvalue weighted by molar-refractivity contribution is 0.158. The fourth-order valence-corrected chi connectivity index (χ4v) is 3.62. The third-order valence-corrected chi connectivity index (χ3v) is 5.16. The standard InChI is InChI=1S/C11H20N4O2S/c1-2-11(9-12)14-5-7-15(8-6-14)18(16,17)13-10-3-4-10/h10-11,13H,2-8H2,1H3. The van der Waals surface area contributed by atoms with Crippen molar-refractivity contribution in [1.82, 2.24) is 13.9 Å². The van der Waals surface area contributed by atoms with Crippen LogP contribution in [-0.2, 0) is 10.2 Å². The molecule has 0 radical (unpaired) electrons. The van der Waals surface area contributed by atoms with E-state index >= 15 is 0 Å². The molecule has 18 heavy (non-hydrogen) atoms. The molecule has 0 spiro atoms. The molecule has 0 amide bonds. The molecule has 1 aliphatic carbocycles. The molecule has 1 saturated heterocycles. The van der Waals surface area contributed by atoms with E-state index in [1.807, 2.05) is 6.92 Å². The zero-order valence-corrected chi connectivity index (χ0v) is 11.5. The molecule has 2 rings (SSSR count). The molecule has 1 atom stereocenters. The van der Waals surface area contributed by atoms with Gasteiger partial charge in [-0.05, 0) is 19.3 Å². The number of hydrogen-bond donors (Lipinski definition) is 1. The van der Waals surface area contributed by atoms with Gasteiger partial charge >= 0.3 is 0 Å². The number of hydrogen-bond acceptors (Lipinski definition) is 4. The third kappa shape index (κ3) is 3.20. The van der Waals surface area contributed by atoms with E-state index in [0.29, 0.717) is 26.2 Å². The van der Waals surface area contributed by atoms with Gasteiger partial charge in [-0.25, -0.2) is 0 Å². The minimum atomic E-state index is -3.31. The van der Waals surface area contributed by atoms with Crippen LogP contribution in [0.25, 0.3) is 0 Å². The van der Waals surface area contributed by atoms with E-state index in [2.05, 4.69) is 15.7 Å². The quantitative estimate of drug-likeness (QED) is 0.758. The van der Waals surface area contributed by atoms with Gasteiger partial charge in [0.25, 0.3) is 10.2 Å². The van der Waals surface area contributed by atoms with Crippen molar-refractivity contribution in [2.24, 2.45) is 0 Å². The molecule has 2 fully saturated rings. The highest BCUT2D eigenvalue weighted by Crippen LogP contribution is 2.21. The summed E-state index contributed by atoms with van der Waals surface area (Å²) >= 11 is 0. The first-order chi connectivity index (χ1) is 8.56. The number of nitrogens with zero attached hydrogens (tertiary/aromatic N) is 3. The smallest absolute Gasteiger partial charge is 0.279 e. The number of nitriles is 1. The lowest BCUT2D eigenvalue weighted by Gasteiger charge is -2.35. The van der Waals surface area contributed by atoms with Crippen molar-refractivity contribution in [2.45, 2.75) is 38.3 Å². The summed E-state index contributed by atoms with van der Waals surface area (Å²) in [6.45, 7) is 4.20. The molecule has 1 saturated carbocycles. The van der Waals surface area contributed by atoms with E-state index in [9.17, 15) is 8.42 Å². The van der Waals surface area contributed by atoms with Crippen LogP contribution in [-0.4, -0.2) is 55.9 Å². The maximum absolute atomic E-state index is 12.0. The second kappa shape index (κ2) is 5.53. The molecule has 6 nitrogen and oxygen atoms in total. The molecule has 1 heterocycles. The molecule has 0 aromatic rings. The van der Waals surface area contributed by atoms with Gasteiger partial charge in [0.05, 0.1) is 12.1 Å². The maximum Gasteiger partial charge on any atom is 0.279 e. The maximum atomic E-state index is 12.0. The second-order valence-electron chi connectivity index (χ2n) is 4.89. The van der Waals surface area contributed by atoms with Crippen LogP contribution in [0.1, 0.15) is 26.2 Å². The van der Waals surface area contributed by atoms with Gasteiger partial charge in [0.1, 0.15) is 0 Å². The Morgan fingerprint density at radius 1 is 1.33 bits per heavy atom. The fourth-order valence-electron chi connectivity index (χ4n) is 2.17. The van der Waals surface area contributed by atoms with E-state index in [-0.39, 0.29) is 12.1 Å². The largest absolute Gasteiger partial charge is 0.285 e. The molecular formula is C11H20N4O2S. The molecule has 1 unspecified atom stereocenters. The summed E-state index contributed by atoms with van der Waals surface area (Å²) < 4.78 is 28.1. The van der Waals surface area contributed by atoms with E-state index in [1.165, 1.54) is 4.31 Å². The minimum Gasteiger partial charge on any atom is -0.285 e. The first kappa shape index (κ1) is 13.7. The molecular weight excluding hydrogens is 252 g/mol. The van der Waals surface area contributed by atoms with Crippen molar-refractivity contribution in [3.8, 4) is 6.07 Å². The lowest BCUT2D eigenvalue weighted by atomic mass is 10.2. The topological polar surface area (TPSA) is 76.4 Å². The molecule has 0 aromatic carbocycles. The number of piperazine rings is 1. The molecule has 102 valence electrons. The van der Waals surface area contributed by atoms with Crippen LogP contribution in [0.2, 0.25) is 0 Å². The Morgan fingerprint density at radius 2 is 1.94 bits per heavy atom. The van der Waals surface area contributed by atoms with E-state index in [4.69, 9.17) is 5.26 Å². The van der Waals surface area contributed by atoms with Crippen LogP contribution in [0, 0.1) is 11.3 Å². The van der Waals surface area contributed by atoms with Crippen molar-refractivity contribution < 1.29 is 8.42 Å². The Kier molecular flexibility index (Phi) is 4.22. The average molecular weight is 272 g/mol. The Balaban J connectivity index is 1.88. The zero-order valence-electron chi connectivity index (χ0n) is 10.7. The summed E-state index contributed by atoms with van der Waals surface area (Å²) in [5, 5.41) is 9.00. The average Bonchev–Trinajstić information content (AvgIpc) is 3.14. The van der Waals surface area contributed by atoms with Crippen molar-refractivity contribution in [2.75, 3.05) is 26.2 Å². The van der Waals surface area contributed by atoms with E-state index < -0.39 is 10.2 Å². The van der Waals surface area contributed by atoms with Gasteiger partial charge in [-0.15, -0.1) is 0 Å². The van der Waals surface area contributed by atoms with Crippen LogP contribution in [0.15, 0.2) is 0 Å². The summed E-state index contributed by atoms with van der Waals surface area (Å²) in [7, 11) is -3.31. The first-order valence-corrected chi connectivity index (χ1v) is 7.92. The van der Waals surface area contributed by atoms with E-state index in [1.54, 1.807) is 0 Å². The fraction of sp³-hybridized carbons (Fsp3) is 0.909. The second-order valence-corrected chi connectivity index (χ2v) is 6.59. The summed E-state index contributed by atoms with van der Waals surface area (Å²) in [4.78, 5) is 2.06. The molecule has 0 aromatic heterocycles. The molecule has 2 aliphatic rings. The summed E-state index contributed by atoms with van der Waals surface area (Å²) in [6, 6.07) is 2.32. The highest BCUT2D eigenvalue weighted by Gasteiger charge is 2.33. The van der Waals surface area contributed by atoms with Gasteiger partial charge in [-0.1, -0.05) is 6.92 Å². The highest BCUT2D eigenvalue weighted by molar-refractivity contribution is 7.87. The summed E-state index contributed by atoms with van der Waals surface area (Å²) in [5.74, 6) is 0. The summed E-state index contributed by atoms with van der Waals surface area (Å²) in [6.07, 6.45) is 2.68. The van der Waals surface area contributed by atoms with Gasteiger partial charge < -0.3 is 0 Å². The lowest BCUT2D eigenvalue weighted by Crippen LogP contribution is -2.54. The Bertz CT molecular complexity index is 419. The van der Waals surface area contributed by atoms with Gasteiger partial charge in [-0.2, -0.15) is 22.7 Å². The normalized spacial score (nSPS) is 24.7. The monoisotopic (exact) mass is 272 g/mol. The van der Waals surface area contributed by atoms with Crippen LogP contribution in [0.3, 0.4) is 0 Å². The molecule has 1 aliphatic heterocycles. The molecule has 1 N–H and O–H groups in total. The highest BCUT2D eigenvalue weighted by atomic mass is 32.2. The van der Waals surface area contributed by atoms with Gasteiger partial charge in [0.15, 0.2) is 0 Å². The van der Waals surface area contributed by atoms with Gasteiger partial charge in [-0.3, -0.25) is 4.90 Å². The van der Waals surface area contributed by atoms with Crippen molar-refractivity contribution in [1.29, 1.82) is 5.26 Å². The van der Waals surface area contributed by atoms with Gasteiger partial charge in [0, 0.05) is 32.2 Å². The molecule has 0 bridgehead atoms. The Hall–Kier alpha value is -0.680. The Labute approximate surface area is 109 Å². The predicted octanol–water partition coefficient (Wildman–Crippen LogP) is -0.0970. The number of nitrogens with one attached hydrogen (secondary N) is 1. The van der Waals surface area contributed by atoms with Gasteiger partial charge in [0.2, 0.25) is 0 Å². The van der Waals surface area contributed by atoms with Crippen LogP contribution < -0.4 is 4.72 Å².